The molecule has 0 amide bonds. The summed E-state index contributed by atoms with van der Waals surface area (Å²) in [7, 11) is 0. The largest absolute Gasteiger partial charge is 0.236 e. The van der Waals surface area contributed by atoms with Crippen molar-refractivity contribution in [2.24, 2.45) is 0 Å². The standard InChI is InChI=1S/C54H32N2/c1-3-12-36-26-40(24-22-33(36)10-1)47-30-43(31-49-48(47)29-39-14-5-6-19-44(39)52(49)41-25-23-34-11-2-4-13-37(34)27-41)38-17-7-18-42(28-38)54-55-32-50-45-20-8-15-35-16-9-21-46(51(35)45)53(50)56-54/h1-32H. The molecule has 2 nitrogen and oxygen atoms in total. The highest BCUT2D eigenvalue weighted by molar-refractivity contribution is 6.18. The third-order valence-electron chi connectivity index (χ3n) is 11.8. The number of benzene rings is 10. The predicted octanol–water partition coefficient (Wildman–Crippen LogP) is 14.6. The van der Waals surface area contributed by atoms with Crippen LogP contribution in [0.1, 0.15) is 0 Å². The Hall–Kier alpha value is -7.42. The van der Waals surface area contributed by atoms with E-state index in [0.29, 0.717) is 0 Å². The molecule has 0 bridgehead atoms. The highest BCUT2D eigenvalue weighted by Crippen LogP contribution is 2.47. The Morgan fingerprint density at radius 2 is 0.946 bits per heavy atom. The second-order valence-electron chi connectivity index (χ2n) is 15.0. The van der Waals surface area contributed by atoms with E-state index in [2.05, 4.69) is 188 Å². The summed E-state index contributed by atoms with van der Waals surface area (Å²) < 4.78 is 0. The quantitative estimate of drug-likeness (QED) is 0.170. The van der Waals surface area contributed by atoms with Gasteiger partial charge in [0.1, 0.15) is 0 Å². The van der Waals surface area contributed by atoms with Gasteiger partial charge in [-0.1, -0.05) is 152 Å². The first-order valence-electron chi connectivity index (χ1n) is 19.2. The van der Waals surface area contributed by atoms with Gasteiger partial charge in [-0.25, -0.2) is 9.97 Å². The lowest BCUT2D eigenvalue weighted by atomic mass is 9.85. The van der Waals surface area contributed by atoms with E-state index in [-0.39, 0.29) is 0 Å². The molecular formula is C54H32N2. The monoisotopic (exact) mass is 708 g/mol. The van der Waals surface area contributed by atoms with Gasteiger partial charge < -0.3 is 0 Å². The molecule has 12 rings (SSSR count). The molecule has 1 aliphatic carbocycles. The molecule has 0 atom stereocenters. The summed E-state index contributed by atoms with van der Waals surface area (Å²) in [5.41, 5.74) is 12.6. The highest BCUT2D eigenvalue weighted by Gasteiger charge is 2.24. The Labute approximate surface area is 324 Å². The molecule has 11 aromatic rings. The lowest BCUT2D eigenvalue weighted by molar-refractivity contribution is 1.19. The van der Waals surface area contributed by atoms with Gasteiger partial charge in [0.2, 0.25) is 0 Å². The van der Waals surface area contributed by atoms with Gasteiger partial charge in [-0.3, -0.25) is 0 Å². The maximum absolute atomic E-state index is 5.24. The summed E-state index contributed by atoms with van der Waals surface area (Å²) in [6.07, 6.45) is 2.01. The minimum absolute atomic E-state index is 0.730. The van der Waals surface area contributed by atoms with Gasteiger partial charge in [0, 0.05) is 22.9 Å². The summed E-state index contributed by atoms with van der Waals surface area (Å²) in [5.74, 6) is 0.730. The number of fused-ring (bicyclic) bond motifs is 7. The molecule has 1 aromatic heterocycles. The second-order valence-corrected chi connectivity index (χ2v) is 15.0. The Morgan fingerprint density at radius 3 is 1.75 bits per heavy atom. The van der Waals surface area contributed by atoms with E-state index >= 15 is 0 Å². The maximum Gasteiger partial charge on any atom is 0.159 e. The van der Waals surface area contributed by atoms with Crippen LogP contribution in [-0.2, 0) is 0 Å². The van der Waals surface area contributed by atoms with Crippen LogP contribution in [0.2, 0.25) is 0 Å². The molecular weight excluding hydrogens is 677 g/mol. The van der Waals surface area contributed by atoms with Crippen LogP contribution in [-0.4, -0.2) is 9.97 Å². The van der Waals surface area contributed by atoms with E-state index < -0.39 is 0 Å². The van der Waals surface area contributed by atoms with E-state index in [9.17, 15) is 0 Å². The molecule has 56 heavy (non-hydrogen) atoms. The van der Waals surface area contributed by atoms with Crippen LogP contribution >= 0.6 is 0 Å². The van der Waals surface area contributed by atoms with Gasteiger partial charge >= 0.3 is 0 Å². The number of hydrogen-bond acceptors (Lipinski definition) is 2. The van der Waals surface area contributed by atoms with Crippen LogP contribution in [0.4, 0.5) is 0 Å². The number of nitrogens with zero attached hydrogens (tertiary/aromatic N) is 2. The molecule has 0 aliphatic heterocycles. The Balaban J connectivity index is 1.10. The predicted molar refractivity (Wildman–Crippen MR) is 236 cm³/mol. The van der Waals surface area contributed by atoms with Crippen molar-refractivity contribution in [1.82, 2.24) is 9.97 Å². The van der Waals surface area contributed by atoms with Crippen LogP contribution in [0, 0.1) is 0 Å². The molecule has 0 saturated carbocycles. The highest BCUT2D eigenvalue weighted by atomic mass is 14.9. The summed E-state index contributed by atoms with van der Waals surface area (Å²) >= 11 is 0. The minimum Gasteiger partial charge on any atom is -0.236 e. The summed E-state index contributed by atoms with van der Waals surface area (Å²) in [5, 5.41) is 12.4. The summed E-state index contributed by atoms with van der Waals surface area (Å²) in [6.45, 7) is 0. The Kier molecular flexibility index (Phi) is 6.66. The van der Waals surface area contributed by atoms with Gasteiger partial charge in [-0.2, -0.15) is 0 Å². The zero-order chi connectivity index (χ0) is 36.7. The SMILES string of the molecule is c1cc(-c2cc(-c3ccc4ccccc4c3)c3cc4ccccc4c(-c4ccc5ccccc5c4)c3c2)cc(-c2ncc3c(n2)-c2cccc4cccc-3c24)c1. The first-order valence-corrected chi connectivity index (χ1v) is 19.2. The van der Waals surface area contributed by atoms with Crippen molar-refractivity contribution in [3.63, 3.8) is 0 Å². The number of rotatable bonds is 4. The molecule has 1 aliphatic rings. The average Bonchev–Trinajstić information content (AvgIpc) is 3.59. The van der Waals surface area contributed by atoms with Crippen LogP contribution in [0.15, 0.2) is 194 Å². The second kappa shape index (κ2) is 12.0. The van der Waals surface area contributed by atoms with Gasteiger partial charge in [-0.05, 0) is 129 Å². The molecule has 0 unspecified atom stereocenters. The molecule has 2 heteroatoms. The third kappa shape index (κ3) is 4.76. The fourth-order valence-electron chi connectivity index (χ4n) is 9.11. The smallest absolute Gasteiger partial charge is 0.159 e. The Morgan fingerprint density at radius 1 is 0.304 bits per heavy atom. The molecule has 1 heterocycles. The topological polar surface area (TPSA) is 25.8 Å². The first kappa shape index (κ1) is 31.0. The van der Waals surface area contributed by atoms with E-state index in [1.807, 2.05) is 6.20 Å². The molecule has 258 valence electrons. The van der Waals surface area contributed by atoms with Crippen molar-refractivity contribution in [2.45, 2.75) is 0 Å². The lowest BCUT2D eigenvalue weighted by Gasteiger charge is -2.18. The van der Waals surface area contributed by atoms with E-state index in [0.717, 1.165) is 33.8 Å². The zero-order valence-electron chi connectivity index (χ0n) is 30.4. The van der Waals surface area contributed by atoms with Crippen molar-refractivity contribution < 1.29 is 0 Å². The van der Waals surface area contributed by atoms with E-state index in [1.54, 1.807) is 0 Å². The van der Waals surface area contributed by atoms with Crippen molar-refractivity contribution in [3.8, 4) is 67.2 Å². The van der Waals surface area contributed by atoms with Crippen molar-refractivity contribution >= 4 is 53.9 Å². The van der Waals surface area contributed by atoms with Gasteiger partial charge in [0.25, 0.3) is 0 Å². The summed E-state index contributed by atoms with van der Waals surface area (Å²) in [4.78, 5) is 10.2. The molecule has 0 fully saturated rings. The van der Waals surface area contributed by atoms with Crippen LogP contribution in [0.3, 0.4) is 0 Å². The van der Waals surface area contributed by atoms with E-state index in [4.69, 9.17) is 9.97 Å². The van der Waals surface area contributed by atoms with Crippen molar-refractivity contribution in [3.05, 3.63) is 194 Å². The van der Waals surface area contributed by atoms with Gasteiger partial charge in [0.15, 0.2) is 5.82 Å². The van der Waals surface area contributed by atoms with Crippen LogP contribution < -0.4 is 0 Å². The fourth-order valence-corrected chi connectivity index (χ4v) is 9.11. The Bertz CT molecular complexity index is 3430. The first-order chi connectivity index (χ1) is 27.7. The molecule has 0 radical (unpaired) electrons. The van der Waals surface area contributed by atoms with Crippen LogP contribution in [0.5, 0.6) is 0 Å². The van der Waals surface area contributed by atoms with Crippen LogP contribution in [0.25, 0.3) is 121 Å². The molecule has 0 spiro atoms. The molecule has 0 saturated heterocycles. The van der Waals surface area contributed by atoms with Crippen molar-refractivity contribution in [2.75, 3.05) is 0 Å². The molecule has 0 N–H and O–H groups in total. The van der Waals surface area contributed by atoms with Crippen molar-refractivity contribution in [1.29, 1.82) is 0 Å². The third-order valence-corrected chi connectivity index (χ3v) is 11.8. The number of hydrogen-bond donors (Lipinski definition) is 0. The van der Waals surface area contributed by atoms with Gasteiger partial charge in [-0.15, -0.1) is 0 Å². The number of aromatic nitrogens is 2. The lowest BCUT2D eigenvalue weighted by Crippen LogP contribution is -1.93. The fraction of sp³-hybridized carbons (Fsp3) is 0. The van der Waals surface area contributed by atoms with E-state index in [1.165, 1.54) is 87.2 Å². The van der Waals surface area contributed by atoms with Gasteiger partial charge in [0.05, 0.1) is 5.69 Å². The minimum atomic E-state index is 0.730. The normalized spacial score (nSPS) is 11.9. The zero-order valence-corrected chi connectivity index (χ0v) is 30.4. The maximum atomic E-state index is 5.24. The average molecular weight is 709 g/mol. The summed E-state index contributed by atoms with van der Waals surface area (Å²) in [6, 6.07) is 68.7. The molecule has 10 aromatic carbocycles.